The van der Waals surface area contributed by atoms with Crippen molar-refractivity contribution in [2.45, 2.75) is 27.7 Å². The molecule has 0 radical (unpaired) electrons. The molecule has 0 heterocycles. The monoisotopic (exact) mass is 238 g/mol. The molecule has 0 amide bonds. The van der Waals surface area contributed by atoms with Crippen molar-refractivity contribution in [3.63, 3.8) is 0 Å². The van der Waals surface area contributed by atoms with E-state index in [-0.39, 0.29) is 0 Å². The molecule has 0 unspecified atom stereocenters. The van der Waals surface area contributed by atoms with E-state index in [9.17, 15) is 0 Å². The van der Waals surface area contributed by atoms with Crippen molar-refractivity contribution in [2.24, 2.45) is 10.2 Å². The molecule has 18 heavy (non-hydrogen) atoms. The molecule has 0 spiro atoms. The second kappa shape index (κ2) is 5.13. The molecule has 2 aromatic rings. The molecule has 2 nitrogen and oxygen atoms in total. The molecule has 2 aromatic carbocycles. The van der Waals surface area contributed by atoms with Crippen LogP contribution >= 0.6 is 0 Å². The SMILES string of the molecule is Cc1ccc(N=Nc2c(C)cc(C)cc2C)cc1. The number of hydrogen-bond donors (Lipinski definition) is 0. The molecule has 2 heteroatoms. The minimum absolute atomic E-state index is 0.889. The van der Waals surface area contributed by atoms with Gasteiger partial charge in [0.05, 0.1) is 11.4 Å². The van der Waals surface area contributed by atoms with E-state index < -0.39 is 0 Å². The van der Waals surface area contributed by atoms with E-state index in [2.05, 4.69) is 50.1 Å². The van der Waals surface area contributed by atoms with Crippen molar-refractivity contribution >= 4 is 11.4 Å². The van der Waals surface area contributed by atoms with Gasteiger partial charge in [-0.15, -0.1) is 0 Å². The molecule has 0 bridgehead atoms. The summed E-state index contributed by atoms with van der Waals surface area (Å²) in [5.74, 6) is 0. The Bertz CT molecular complexity index is 558. The van der Waals surface area contributed by atoms with E-state index in [4.69, 9.17) is 0 Å². The number of azo groups is 1. The molecule has 2 rings (SSSR count). The van der Waals surface area contributed by atoms with Crippen LogP contribution in [0.15, 0.2) is 46.6 Å². The lowest BCUT2D eigenvalue weighted by Gasteiger charge is -2.05. The quantitative estimate of drug-likeness (QED) is 0.631. The van der Waals surface area contributed by atoms with Crippen LogP contribution in [0, 0.1) is 27.7 Å². The Balaban J connectivity index is 2.31. The third-order valence-corrected chi connectivity index (χ3v) is 2.93. The lowest BCUT2D eigenvalue weighted by Crippen LogP contribution is -1.82. The van der Waals surface area contributed by atoms with Crippen LogP contribution in [0.2, 0.25) is 0 Å². The summed E-state index contributed by atoms with van der Waals surface area (Å²) in [6, 6.07) is 12.3. The van der Waals surface area contributed by atoms with Gasteiger partial charge in [-0.2, -0.15) is 10.2 Å². The fourth-order valence-corrected chi connectivity index (χ4v) is 2.05. The Hall–Kier alpha value is -1.96. The highest BCUT2D eigenvalue weighted by Gasteiger charge is 2.02. The van der Waals surface area contributed by atoms with E-state index in [0.29, 0.717) is 0 Å². The molecule has 0 aliphatic carbocycles. The molecule has 0 aliphatic rings. The van der Waals surface area contributed by atoms with Gasteiger partial charge in [-0.1, -0.05) is 35.4 Å². The lowest BCUT2D eigenvalue weighted by atomic mass is 10.1. The number of hydrogen-bond acceptors (Lipinski definition) is 2. The Morgan fingerprint density at radius 3 is 1.78 bits per heavy atom. The standard InChI is InChI=1S/C16H18N2/c1-11-5-7-15(8-6-11)17-18-16-13(3)9-12(2)10-14(16)4/h5-10H,1-4H3. The summed E-state index contributed by atoms with van der Waals surface area (Å²) in [7, 11) is 0. The summed E-state index contributed by atoms with van der Waals surface area (Å²) >= 11 is 0. The minimum Gasteiger partial charge on any atom is -0.151 e. The minimum atomic E-state index is 0.889. The summed E-state index contributed by atoms with van der Waals surface area (Å²) in [6.07, 6.45) is 0. The highest BCUT2D eigenvalue weighted by molar-refractivity contribution is 5.53. The van der Waals surface area contributed by atoms with Crippen molar-refractivity contribution < 1.29 is 0 Å². The normalized spacial score (nSPS) is 11.1. The summed E-state index contributed by atoms with van der Waals surface area (Å²) in [4.78, 5) is 0. The molecule has 0 aromatic heterocycles. The van der Waals surface area contributed by atoms with Gasteiger partial charge in [0.15, 0.2) is 0 Å². The van der Waals surface area contributed by atoms with Crippen LogP contribution in [0.25, 0.3) is 0 Å². The molecule has 0 atom stereocenters. The number of rotatable bonds is 2. The van der Waals surface area contributed by atoms with Gasteiger partial charge in [0.2, 0.25) is 0 Å². The van der Waals surface area contributed by atoms with Crippen molar-refractivity contribution in [1.29, 1.82) is 0 Å². The van der Waals surface area contributed by atoms with Gasteiger partial charge in [0, 0.05) is 0 Å². The van der Waals surface area contributed by atoms with Gasteiger partial charge in [-0.05, 0) is 51.0 Å². The van der Waals surface area contributed by atoms with Gasteiger partial charge in [-0.25, -0.2) is 0 Å². The molecule has 0 aliphatic heterocycles. The maximum atomic E-state index is 4.37. The fourth-order valence-electron chi connectivity index (χ4n) is 2.05. The van der Waals surface area contributed by atoms with Gasteiger partial charge >= 0.3 is 0 Å². The van der Waals surface area contributed by atoms with Crippen molar-refractivity contribution in [2.75, 3.05) is 0 Å². The zero-order chi connectivity index (χ0) is 13.1. The molecular formula is C16H18N2. The van der Waals surface area contributed by atoms with Crippen LogP contribution in [-0.4, -0.2) is 0 Å². The first-order valence-corrected chi connectivity index (χ1v) is 6.12. The Morgan fingerprint density at radius 1 is 0.667 bits per heavy atom. The summed E-state index contributed by atoms with van der Waals surface area (Å²) in [5, 5.41) is 8.67. The zero-order valence-electron chi connectivity index (χ0n) is 11.4. The van der Waals surface area contributed by atoms with Crippen LogP contribution in [0.3, 0.4) is 0 Å². The Morgan fingerprint density at radius 2 is 1.22 bits per heavy atom. The maximum Gasteiger partial charge on any atom is 0.0915 e. The van der Waals surface area contributed by atoms with Crippen molar-refractivity contribution in [3.05, 3.63) is 58.7 Å². The molecule has 0 N–H and O–H groups in total. The fraction of sp³-hybridized carbons (Fsp3) is 0.250. The maximum absolute atomic E-state index is 4.37. The van der Waals surface area contributed by atoms with Crippen molar-refractivity contribution in [1.82, 2.24) is 0 Å². The molecule has 92 valence electrons. The summed E-state index contributed by atoms with van der Waals surface area (Å²) in [5.41, 5.74) is 6.70. The van der Waals surface area contributed by atoms with E-state index >= 15 is 0 Å². The Kier molecular flexibility index (Phi) is 3.56. The highest BCUT2D eigenvalue weighted by atomic mass is 15.1. The smallest absolute Gasteiger partial charge is 0.0915 e. The summed E-state index contributed by atoms with van der Waals surface area (Å²) in [6.45, 7) is 8.31. The van der Waals surface area contributed by atoms with Crippen LogP contribution in [0.4, 0.5) is 11.4 Å². The lowest BCUT2D eigenvalue weighted by molar-refractivity contribution is 1.17. The highest BCUT2D eigenvalue weighted by Crippen LogP contribution is 2.27. The van der Waals surface area contributed by atoms with Crippen LogP contribution in [0.5, 0.6) is 0 Å². The Labute approximate surface area is 108 Å². The molecule has 0 saturated heterocycles. The predicted molar refractivity (Wildman–Crippen MR) is 76.0 cm³/mol. The van der Waals surface area contributed by atoms with Crippen LogP contribution in [-0.2, 0) is 0 Å². The van der Waals surface area contributed by atoms with E-state index in [1.807, 2.05) is 24.3 Å². The third kappa shape index (κ3) is 2.83. The first-order chi connectivity index (χ1) is 8.56. The number of benzene rings is 2. The average Bonchev–Trinajstić information content (AvgIpc) is 2.30. The first kappa shape index (κ1) is 12.5. The first-order valence-electron chi connectivity index (χ1n) is 6.12. The predicted octanol–water partition coefficient (Wildman–Crippen LogP) is 5.34. The van der Waals surface area contributed by atoms with Gasteiger partial charge in [0.1, 0.15) is 0 Å². The van der Waals surface area contributed by atoms with E-state index in [0.717, 1.165) is 11.4 Å². The van der Waals surface area contributed by atoms with Gasteiger partial charge in [-0.3, -0.25) is 0 Å². The van der Waals surface area contributed by atoms with Crippen LogP contribution in [0.1, 0.15) is 22.3 Å². The number of nitrogens with zero attached hydrogens (tertiary/aromatic N) is 2. The van der Waals surface area contributed by atoms with Crippen LogP contribution < -0.4 is 0 Å². The molecule has 0 saturated carbocycles. The molecule has 0 fully saturated rings. The summed E-state index contributed by atoms with van der Waals surface area (Å²) < 4.78 is 0. The largest absolute Gasteiger partial charge is 0.151 e. The zero-order valence-corrected chi connectivity index (χ0v) is 11.4. The van der Waals surface area contributed by atoms with Gasteiger partial charge in [0.25, 0.3) is 0 Å². The molecular weight excluding hydrogens is 220 g/mol. The van der Waals surface area contributed by atoms with Gasteiger partial charge < -0.3 is 0 Å². The van der Waals surface area contributed by atoms with E-state index in [1.165, 1.54) is 22.3 Å². The van der Waals surface area contributed by atoms with Crippen molar-refractivity contribution in [3.8, 4) is 0 Å². The second-order valence-electron chi connectivity index (χ2n) is 4.78. The number of aryl methyl sites for hydroxylation is 4. The average molecular weight is 238 g/mol. The van der Waals surface area contributed by atoms with E-state index in [1.54, 1.807) is 0 Å². The second-order valence-corrected chi connectivity index (χ2v) is 4.78. The third-order valence-electron chi connectivity index (χ3n) is 2.93. The topological polar surface area (TPSA) is 24.7 Å².